The molecule has 104 valence electrons. The van der Waals surface area contributed by atoms with Crippen LogP contribution in [0.3, 0.4) is 0 Å². The summed E-state index contributed by atoms with van der Waals surface area (Å²) in [5, 5.41) is 0. The summed E-state index contributed by atoms with van der Waals surface area (Å²) in [6, 6.07) is 0. The second-order valence-corrected chi connectivity index (χ2v) is 7.03. The van der Waals surface area contributed by atoms with Crippen LogP contribution in [0.25, 0.3) is 0 Å². The zero-order valence-corrected chi connectivity index (χ0v) is 12.7. The van der Waals surface area contributed by atoms with E-state index in [4.69, 9.17) is 9.31 Å². The fraction of sp³-hybridized carbons (Fsp3) is 1.00. The first kappa shape index (κ1) is 14.4. The Bertz CT molecular complexity index is 278. The van der Waals surface area contributed by atoms with E-state index in [0.29, 0.717) is 0 Å². The van der Waals surface area contributed by atoms with Crippen molar-refractivity contribution < 1.29 is 9.31 Å². The highest BCUT2D eigenvalue weighted by atomic mass is 16.7. The van der Waals surface area contributed by atoms with Crippen molar-refractivity contribution >= 4 is 7.12 Å². The first-order chi connectivity index (χ1) is 8.30. The van der Waals surface area contributed by atoms with E-state index in [9.17, 15) is 0 Å². The predicted molar refractivity (Wildman–Crippen MR) is 75.7 cm³/mol. The largest absolute Gasteiger partial charge is 0.457 e. The Labute approximate surface area is 112 Å². The molecular formula is C14H28BNO2. The van der Waals surface area contributed by atoms with Crippen LogP contribution in [0.5, 0.6) is 0 Å². The van der Waals surface area contributed by atoms with Crippen LogP contribution in [0.1, 0.15) is 47.0 Å². The van der Waals surface area contributed by atoms with E-state index in [1.807, 2.05) is 0 Å². The molecule has 2 saturated heterocycles. The van der Waals surface area contributed by atoms with Crippen molar-refractivity contribution in [2.24, 2.45) is 5.92 Å². The summed E-state index contributed by atoms with van der Waals surface area (Å²) in [4.78, 5) is 2.43. The molecule has 1 atom stereocenters. The molecule has 0 aromatic heterocycles. The first-order valence-corrected chi connectivity index (χ1v) is 7.34. The van der Waals surface area contributed by atoms with Crippen molar-refractivity contribution in [1.29, 1.82) is 0 Å². The number of likely N-dealkylation sites (tertiary alicyclic amines) is 1. The fourth-order valence-electron chi connectivity index (χ4n) is 2.92. The Hall–Kier alpha value is -0.0551. The van der Waals surface area contributed by atoms with Gasteiger partial charge >= 0.3 is 7.12 Å². The molecule has 0 radical (unpaired) electrons. The van der Waals surface area contributed by atoms with E-state index in [2.05, 4.69) is 39.6 Å². The summed E-state index contributed by atoms with van der Waals surface area (Å²) < 4.78 is 12.0. The highest BCUT2D eigenvalue weighted by Crippen LogP contribution is 2.38. The minimum absolute atomic E-state index is 0.00543. The average molecular weight is 253 g/mol. The summed E-state index contributed by atoms with van der Waals surface area (Å²) in [5.74, 6) is 0.887. The maximum Gasteiger partial charge on any atom is 0.457 e. The third-order valence-corrected chi connectivity index (χ3v) is 4.84. The summed E-state index contributed by atoms with van der Waals surface area (Å²) in [5.41, 5.74) is -0.351. The molecular weight excluding hydrogens is 225 g/mol. The lowest BCUT2D eigenvalue weighted by molar-refractivity contribution is 0.00578. The topological polar surface area (TPSA) is 21.7 Å². The van der Waals surface area contributed by atoms with Gasteiger partial charge in [0, 0.05) is 6.54 Å². The van der Waals surface area contributed by atoms with Crippen LogP contribution in [0.15, 0.2) is 0 Å². The molecule has 0 aromatic rings. The molecule has 0 bridgehead atoms. The Morgan fingerprint density at radius 2 is 1.78 bits per heavy atom. The standard InChI is InChI=1S/C14H28BNO2/c1-13(2)14(3,4)18-15(17-13)9-6-7-12-8-10-16(5)11-12/h12H,6-11H2,1-5H3. The molecule has 0 N–H and O–H groups in total. The summed E-state index contributed by atoms with van der Waals surface area (Å²) >= 11 is 0. The number of rotatable bonds is 4. The van der Waals surface area contributed by atoms with E-state index in [1.54, 1.807) is 0 Å². The second-order valence-electron chi connectivity index (χ2n) is 7.03. The van der Waals surface area contributed by atoms with Gasteiger partial charge < -0.3 is 14.2 Å². The third kappa shape index (κ3) is 3.09. The van der Waals surface area contributed by atoms with Crippen molar-refractivity contribution in [3.05, 3.63) is 0 Å². The molecule has 0 amide bonds. The normalized spacial score (nSPS) is 31.2. The van der Waals surface area contributed by atoms with Crippen molar-refractivity contribution in [3.63, 3.8) is 0 Å². The zero-order chi connectivity index (χ0) is 13.4. The third-order valence-electron chi connectivity index (χ3n) is 4.84. The van der Waals surface area contributed by atoms with Gasteiger partial charge in [-0.05, 0) is 66.4 Å². The summed E-state index contributed by atoms with van der Waals surface area (Å²) in [6.07, 6.45) is 4.93. The van der Waals surface area contributed by atoms with Crippen molar-refractivity contribution in [2.75, 3.05) is 20.1 Å². The highest BCUT2D eigenvalue weighted by molar-refractivity contribution is 6.45. The number of hydrogen-bond acceptors (Lipinski definition) is 3. The van der Waals surface area contributed by atoms with Crippen molar-refractivity contribution in [2.45, 2.75) is 64.5 Å². The number of nitrogens with zero attached hydrogens (tertiary/aromatic N) is 1. The van der Waals surface area contributed by atoms with Crippen molar-refractivity contribution in [3.8, 4) is 0 Å². The van der Waals surface area contributed by atoms with E-state index in [0.717, 1.165) is 12.2 Å². The Balaban J connectivity index is 1.69. The molecule has 2 heterocycles. The van der Waals surface area contributed by atoms with Crippen LogP contribution in [-0.4, -0.2) is 43.4 Å². The first-order valence-electron chi connectivity index (χ1n) is 7.34. The SMILES string of the molecule is CN1CCC(CCCB2OC(C)(C)C(C)(C)O2)C1. The molecule has 2 aliphatic heterocycles. The van der Waals surface area contributed by atoms with Crippen molar-refractivity contribution in [1.82, 2.24) is 4.90 Å². The Morgan fingerprint density at radius 1 is 1.17 bits per heavy atom. The van der Waals surface area contributed by atoms with Crippen LogP contribution >= 0.6 is 0 Å². The van der Waals surface area contributed by atoms with E-state index < -0.39 is 0 Å². The minimum Gasteiger partial charge on any atom is -0.403 e. The highest BCUT2D eigenvalue weighted by Gasteiger charge is 2.50. The van der Waals surface area contributed by atoms with Crippen LogP contribution in [0.2, 0.25) is 6.32 Å². The van der Waals surface area contributed by atoms with Gasteiger partial charge in [0.1, 0.15) is 0 Å². The summed E-state index contributed by atoms with van der Waals surface area (Å²) in [6.45, 7) is 11.0. The van der Waals surface area contributed by atoms with Gasteiger partial charge in [0.05, 0.1) is 11.2 Å². The smallest absolute Gasteiger partial charge is 0.403 e. The molecule has 0 spiro atoms. The average Bonchev–Trinajstić information content (AvgIpc) is 2.70. The van der Waals surface area contributed by atoms with Gasteiger partial charge in [-0.25, -0.2) is 0 Å². The lowest BCUT2D eigenvalue weighted by Gasteiger charge is -2.32. The molecule has 0 aliphatic carbocycles. The second kappa shape index (κ2) is 5.14. The molecule has 1 unspecified atom stereocenters. The molecule has 18 heavy (non-hydrogen) atoms. The van der Waals surface area contributed by atoms with Gasteiger partial charge in [-0.2, -0.15) is 0 Å². The Morgan fingerprint density at radius 3 is 2.28 bits per heavy atom. The molecule has 0 saturated carbocycles. The zero-order valence-electron chi connectivity index (χ0n) is 12.7. The predicted octanol–water partition coefficient (Wildman–Crippen LogP) is 2.81. The monoisotopic (exact) mass is 253 g/mol. The maximum absolute atomic E-state index is 6.02. The molecule has 4 heteroatoms. The van der Waals surface area contributed by atoms with Crippen LogP contribution in [-0.2, 0) is 9.31 Å². The fourth-order valence-corrected chi connectivity index (χ4v) is 2.92. The van der Waals surface area contributed by atoms with Gasteiger partial charge in [0.2, 0.25) is 0 Å². The van der Waals surface area contributed by atoms with Gasteiger partial charge in [-0.15, -0.1) is 0 Å². The van der Waals surface area contributed by atoms with Crippen LogP contribution in [0.4, 0.5) is 0 Å². The van der Waals surface area contributed by atoms with E-state index in [1.165, 1.54) is 32.4 Å². The van der Waals surface area contributed by atoms with E-state index in [-0.39, 0.29) is 18.3 Å². The van der Waals surface area contributed by atoms with Gasteiger partial charge in [-0.1, -0.05) is 6.42 Å². The van der Waals surface area contributed by atoms with Crippen LogP contribution < -0.4 is 0 Å². The molecule has 3 nitrogen and oxygen atoms in total. The lowest BCUT2D eigenvalue weighted by atomic mass is 9.81. The molecule has 2 aliphatic rings. The maximum atomic E-state index is 6.02. The quantitative estimate of drug-likeness (QED) is 0.719. The van der Waals surface area contributed by atoms with Crippen LogP contribution in [0, 0.1) is 5.92 Å². The van der Waals surface area contributed by atoms with Gasteiger partial charge in [-0.3, -0.25) is 0 Å². The lowest BCUT2D eigenvalue weighted by Crippen LogP contribution is -2.41. The molecule has 2 fully saturated rings. The van der Waals surface area contributed by atoms with Gasteiger partial charge in [0.25, 0.3) is 0 Å². The van der Waals surface area contributed by atoms with Gasteiger partial charge in [0.15, 0.2) is 0 Å². The molecule has 2 rings (SSSR count). The summed E-state index contributed by atoms with van der Waals surface area (Å²) in [7, 11) is 2.21. The number of hydrogen-bond donors (Lipinski definition) is 0. The Kier molecular flexibility index (Phi) is 4.10. The molecule has 0 aromatic carbocycles. The van der Waals surface area contributed by atoms with E-state index >= 15 is 0 Å². The minimum atomic E-state index is -0.175.